The molecule has 3 aromatic rings. The van der Waals surface area contributed by atoms with Crippen LogP contribution >= 0.6 is 0 Å². The van der Waals surface area contributed by atoms with Crippen molar-refractivity contribution in [2.75, 3.05) is 13.9 Å². The lowest BCUT2D eigenvalue weighted by Crippen LogP contribution is -2.29. The minimum Gasteiger partial charge on any atom is -0.469 e. The Balaban J connectivity index is 1.47. The van der Waals surface area contributed by atoms with Gasteiger partial charge in [0.25, 0.3) is 0 Å². The van der Waals surface area contributed by atoms with Crippen LogP contribution in [0.4, 0.5) is 0 Å². The number of nitrogens with one attached hydrogen (secondary N) is 1. The van der Waals surface area contributed by atoms with Crippen molar-refractivity contribution in [3.05, 3.63) is 84.1 Å². The predicted molar refractivity (Wildman–Crippen MR) is 119 cm³/mol. The molecule has 0 spiro atoms. The Bertz CT molecular complexity index is 1130. The number of aromatic nitrogens is 1. The van der Waals surface area contributed by atoms with Crippen LogP contribution in [-0.2, 0) is 14.3 Å². The van der Waals surface area contributed by atoms with E-state index in [1.54, 1.807) is 24.4 Å². The molecular formula is C25H22N2O5. The molecule has 4 rings (SSSR count). The van der Waals surface area contributed by atoms with Crippen LogP contribution in [0, 0.1) is 0 Å². The standard InChI is InChI=1S/C25H22N2O5/c1-30-25(29)15-21(19-9-7-18(8-10-19)20-4-2-3-13-26-20)27-24(28)12-6-17-5-11-22-23(14-17)32-16-31-22/h2-14,21H,15-16H2,1H3,(H,27,28). The van der Waals surface area contributed by atoms with Gasteiger partial charge >= 0.3 is 5.97 Å². The number of benzene rings is 2. The average Bonchev–Trinajstić information content (AvgIpc) is 3.31. The van der Waals surface area contributed by atoms with Gasteiger partial charge in [-0.3, -0.25) is 14.6 Å². The van der Waals surface area contributed by atoms with E-state index >= 15 is 0 Å². The maximum Gasteiger partial charge on any atom is 0.307 e. The molecule has 1 aliphatic heterocycles. The average molecular weight is 430 g/mol. The second kappa shape index (κ2) is 9.78. The van der Waals surface area contributed by atoms with E-state index in [4.69, 9.17) is 14.2 Å². The fourth-order valence-corrected chi connectivity index (χ4v) is 3.33. The van der Waals surface area contributed by atoms with Gasteiger partial charge < -0.3 is 19.5 Å². The fourth-order valence-electron chi connectivity index (χ4n) is 3.33. The van der Waals surface area contributed by atoms with Crippen LogP contribution < -0.4 is 14.8 Å². The number of esters is 1. The number of carbonyl (C=O) groups is 2. The van der Waals surface area contributed by atoms with Crippen molar-refractivity contribution in [3.63, 3.8) is 0 Å². The molecule has 0 saturated heterocycles. The van der Waals surface area contributed by atoms with Crippen LogP contribution in [0.3, 0.4) is 0 Å². The lowest BCUT2D eigenvalue weighted by Gasteiger charge is -2.17. The second-order valence-electron chi connectivity index (χ2n) is 7.12. The topological polar surface area (TPSA) is 86.8 Å². The van der Waals surface area contributed by atoms with Gasteiger partial charge in [-0.25, -0.2) is 0 Å². The van der Waals surface area contributed by atoms with Crippen molar-refractivity contribution < 1.29 is 23.8 Å². The number of methoxy groups -OCH3 is 1. The summed E-state index contributed by atoms with van der Waals surface area (Å²) in [6.07, 6.45) is 4.85. The molecule has 2 heterocycles. The van der Waals surface area contributed by atoms with Gasteiger partial charge in [0.2, 0.25) is 12.7 Å². The highest BCUT2D eigenvalue weighted by Crippen LogP contribution is 2.32. The van der Waals surface area contributed by atoms with E-state index in [1.807, 2.05) is 48.5 Å². The highest BCUT2D eigenvalue weighted by Gasteiger charge is 2.18. The Morgan fingerprint density at radius 2 is 1.91 bits per heavy atom. The first-order valence-electron chi connectivity index (χ1n) is 10.1. The molecule has 0 radical (unpaired) electrons. The summed E-state index contributed by atoms with van der Waals surface area (Å²) in [7, 11) is 1.32. The van der Waals surface area contributed by atoms with Crippen molar-refractivity contribution >= 4 is 18.0 Å². The van der Waals surface area contributed by atoms with Crippen molar-refractivity contribution in [2.24, 2.45) is 0 Å². The molecule has 1 aliphatic rings. The van der Waals surface area contributed by atoms with Crippen LogP contribution in [0.25, 0.3) is 17.3 Å². The first kappa shape index (κ1) is 21.1. The number of rotatable bonds is 7. The van der Waals surface area contributed by atoms with Gasteiger partial charge in [-0.05, 0) is 41.5 Å². The van der Waals surface area contributed by atoms with Crippen molar-refractivity contribution in [1.82, 2.24) is 10.3 Å². The Morgan fingerprint density at radius 1 is 1.09 bits per heavy atom. The van der Waals surface area contributed by atoms with Gasteiger partial charge in [-0.15, -0.1) is 0 Å². The zero-order chi connectivity index (χ0) is 22.3. The molecule has 2 aromatic carbocycles. The third kappa shape index (κ3) is 5.13. The van der Waals surface area contributed by atoms with Crippen molar-refractivity contribution in [1.29, 1.82) is 0 Å². The smallest absolute Gasteiger partial charge is 0.307 e. The first-order valence-corrected chi connectivity index (χ1v) is 10.1. The predicted octanol–water partition coefficient (Wildman–Crippen LogP) is 3.91. The molecule has 1 unspecified atom stereocenters. The second-order valence-corrected chi connectivity index (χ2v) is 7.12. The van der Waals surface area contributed by atoms with Crippen LogP contribution in [0.15, 0.2) is 72.9 Å². The van der Waals surface area contributed by atoms with E-state index in [2.05, 4.69) is 10.3 Å². The van der Waals surface area contributed by atoms with Gasteiger partial charge in [-0.2, -0.15) is 0 Å². The molecule has 32 heavy (non-hydrogen) atoms. The highest BCUT2D eigenvalue weighted by molar-refractivity contribution is 5.92. The van der Waals surface area contributed by atoms with Crippen LogP contribution in [-0.4, -0.2) is 30.8 Å². The summed E-state index contributed by atoms with van der Waals surface area (Å²) in [6, 6.07) is 18.2. The fraction of sp³-hybridized carbons (Fsp3) is 0.160. The number of hydrogen-bond donors (Lipinski definition) is 1. The Hall–Kier alpha value is -4.13. The van der Waals surface area contributed by atoms with E-state index < -0.39 is 12.0 Å². The van der Waals surface area contributed by atoms with Crippen molar-refractivity contribution in [2.45, 2.75) is 12.5 Å². The summed E-state index contributed by atoms with van der Waals surface area (Å²) in [5, 5.41) is 2.88. The lowest BCUT2D eigenvalue weighted by atomic mass is 10.0. The van der Waals surface area contributed by atoms with E-state index in [-0.39, 0.29) is 19.1 Å². The quantitative estimate of drug-likeness (QED) is 0.452. The lowest BCUT2D eigenvalue weighted by molar-refractivity contribution is -0.141. The third-order valence-electron chi connectivity index (χ3n) is 5.01. The Labute approximate surface area is 185 Å². The molecule has 0 aliphatic carbocycles. The molecule has 1 atom stereocenters. The molecule has 0 fully saturated rings. The molecule has 1 N–H and O–H groups in total. The molecule has 1 amide bonds. The number of ether oxygens (including phenoxy) is 3. The molecule has 0 bridgehead atoms. The number of fused-ring (bicyclic) bond motifs is 1. The minimum atomic E-state index is -0.533. The van der Waals surface area contributed by atoms with E-state index in [1.165, 1.54) is 13.2 Å². The zero-order valence-electron chi connectivity index (χ0n) is 17.5. The SMILES string of the molecule is COC(=O)CC(NC(=O)C=Cc1ccc2c(c1)OCO2)c1ccc(-c2ccccn2)cc1. The van der Waals surface area contributed by atoms with Crippen LogP contribution in [0.1, 0.15) is 23.6 Å². The van der Waals surface area contributed by atoms with Crippen LogP contribution in [0.2, 0.25) is 0 Å². The summed E-state index contributed by atoms with van der Waals surface area (Å²) in [5.41, 5.74) is 3.38. The maximum atomic E-state index is 12.6. The molecule has 7 nitrogen and oxygen atoms in total. The van der Waals surface area contributed by atoms with Gasteiger partial charge in [0.15, 0.2) is 11.5 Å². The Morgan fingerprint density at radius 3 is 2.66 bits per heavy atom. The van der Waals surface area contributed by atoms with E-state index in [0.29, 0.717) is 11.5 Å². The maximum absolute atomic E-state index is 12.6. The summed E-state index contributed by atoms with van der Waals surface area (Å²) >= 11 is 0. The normalized spacial score (nSPS) is 13.0. The van der Waals surface area contributed by atoms with E-state index in [9.17, 15) is 9.59 Å². The number of nitrogens with zero attached hydrogens (tertiary/aromatic N) is 1. The Kier molecular flexibility index (Phi) is 6.46. The van der Waals surface area contributed by atoms with Gasteiger partial charge in [0.1, 0.15) is 0 Å². The summed E-state index contributed by atoms with van der Waals surface area (Å²) < 4.78 is 15.4. The molecule has 0 saturated carbocycles. The molecule has 162 valence electrons. The first-order chi connectivity index (χ1) is 15.6. The number of pyridine rings is 1. The molecule has 1 aromatic heterocycles. The molecule has 7 heteroatoms. The largest absolute Gasteiger partial charge is 0.469 e. The number of carbonyl (C=O) groups excluding carboxylic acids is 2. The summed E-state index contributed by atoms with van der Waals surface area (Å²) in [4.78, 5) is 28.8. The van der Waals surface area contributed by atoms with Crippen molar-refractivity contribution in [3.8, 4) is 22.8 Å². The molecular weight excluding hydrogens is 408 g/mol. The van der Waals surface area contributed by atoms with Crippen LogP contribution in [0.5, 0.6) is 11.5 Å². The summed E-state index contributed by atoms with van der Waals surface area (Å²) in [5.74, 6) is 0.581. The van der Waals surface area contributed by atoms with Gasteiger partial charge in [0.05, 0.1) is 25.3 Å². The number of hydrogen-bond acceptors (Lipinski definition) is 6. The van der Waals surface area contributed by atoms with Gasteiger partial charge in [-0.1, -0.05) is 36.4 Å². The highest BCUT2D eigenvalue weighted by atomic mass is 16.7. The monoisotopic (exact) mass is 430 g/mol. The van der Waals surface area contributed by atoms with E-state index in [0.717, 1.165) is 22.4 Å². The summed E-state index contributed by atoms with van der Waals surface area (Å²) in [6.45, 7) is 0.192. The zero-order valence-corrected chi connectivity index (χ0v) is 17.5. The minimum absolute atomic E-state index is 0.0169. The third-order valence-corrected chi connectivity index (χ3v) is 5.01. The van der Waals surface area contributed by atoms with Gasteiger partial charge in [0, 0.05) is 17.8 Å². The number of amides is 1.